The van der Waals surface area contributed by atoms with Crippen LogP contribution < -0.4 is 4.74 Å². The molecule has 1 aromatic rings. The van der Waals surface area contributed by atoms with E-state index in [1.54, 1.807) is 24.3 Å². The zero-order valence-electron chi connectivity index (χ0n) is 13.7. The maximum atomic E-state index is 12.4. The maximum absolute atomic E-state index is 12.4. The van der Waals surface area contributed by atoms with Gasteiger partial charge in [-0.15, -0.1) is 0 Å². The summed E-state index contributed by atoms with van der Waals surface area (Å²) in [4.78, 5) is 14.7. The summed E-state index contributed by atoms with van der Waals surface area (Å²) in [6.07, 6.45) is 5.44. The first-order valence-corrected chi connectivity index (χ1v) is 8.74. The standard InChI is InChI=1S/C18H24ClNO3/c1-3-18(16(21)22,23-15-8-6-13(19)7-9-15)17-11-4-5-14(10-12-17)20(17)2/h6-9,14H,3-5,10-12H2,1-2H3,(H,21,22)/t14-,17+,18?/m1/s1. The molecule has 2 saturated heterocycles. The third-order valence-corrected chi connectivity index (χ3v) is 6.19. The third kappa shape index (κ3) is 2.43. The van der Waals surface area contributed by atoms with E-state index in [0.29, 0.717) is 23.2 Å². The van der Waals surface area contributed by atoms with E-state index in [2.05, 4.69) is 11.9 Å². The summed E-state index contributed by atoms with van der Waals surface area (Å²) in [7, 11) is 2.06. The molecule has 2 aliphatic rings. The molecule has 1 aromatic carbocycles. The Hall–Kier alpha value is -1.26. The molecule has 5 heteroatoms. The Kier molecular flexibility index (Phi) is 4.32. The molecule has 2 fully saturated rings. The Morgan fingerprint density at radius 3 is 2.70 bits per heavy atom. The lowest BCUT2D eigenvalue weighted by Gasteiger charge is -2.52. The number of rotatable bonds is 5. The fourth-order valence-electron chi connectivity index (χ4n) is 4.68. The number of ether oxygens (including phenoxy) is 1. The molecule has 3 atom stereocenters. The van der Waals surface area contributed by atoms with Crippen molar-refractivity contribution in [2.24, 2.45) is 0 Å². The van der Waals surface area contributed by atoms with Crippen molar-refractivity contribution in [3.63, 3.8) is 0 Å². The number of fused-ring (bicyclic) bond motifs is 2. The van der Waals surface area contributed by atoms with Gasteiger partial charge >= 0.3 is 5.97 Å². The number of carboxylic acids is 1. The van der Waals surface area contributed by atoms with E-state index in [4.69, 9.17) is 16.3 Å². The highest BCUT2D eigenvalue weighted by Crippen LogP contribution is 2.51. The van der Waals surface area contributed by atoms with Crippen molar-refractivity contribution in [2.75, 3.05) is 7.05 Å². The molecule has 23 heavy (non-hydrogen) atoms. The topological polar surface area (TPSA) is 49.8 Å². The lowest BCUT2D eigenvalue weighted by molar-refractivity contribution is -0.175. The normalized spacial score (nSPS) is 30.0. The predicted molar refractivity (Wildman–Crippen MR) is 90.1 cm³/mol. The first-order valence-electron chi connectivity index (χ1n) is 8.36. The Balaban J connectivity index is 2.03. The molecular formula is C18H24ClNO3. The Bertz CT molecular complexity index is 586. The van der Waals surface area contributed by atoms with Gasteiger partial charge in [0, 0.05) is 11.1 Å². The van der Waals surface area contributed by atoms with Gasteiger partial charge in [-0.1, -0.05) is 18.5 Å². The van der Waals surface area contributed by atoms with Gasteiger partial charge in [0.1, 0.15) is 5.75 Å². The van der Waals surface area contributed by atoms with Crippen LogP contribution in [0.1, 0.15) is 45.4 Å². The van der Waals surface area contributed by atoms with Crippen molar-refractivity contribution in [3.05, 3.63) is 29.3 Å². The van der Waals surface area contributed by atoms with Gasteiger partial charge < -0.3 is 9.84 Å². The van der Waals surface area contributed by atoms with Crippen molar-refractivity contribution < 1.29 is 14.6 Å². The van der Waals surface area contributed by atoms with Crippen LogP contribution in [0.25, 0.3) is 0 Å². The van der Waals surface area contributed by atoms with Crippen molar-refractivity contribution in [1.29, 1.82) is 0 Å². The molecule has 0 saturated carbocycles. The molecule has 0 spiro atoms. The summed E-state index contributed by atoms with van der Waals surface area (Å²) >= 11 is 5.93. The number of likely N-dealkylation sites (N-methyl/N-ethyl adjacent to an activating group) is 1. The molecule has 3 rings (SSSR count). The number of piperidine rings is 1. The number of hydrogen-bond donors (Lipinski definition) is 1. The smallest absolute Gasteiger partial charge is 0.350 e. The van der Waals surface area contributed by atoms with Crippen LogP contribution in [0.4, 0.5) is 0 Å². The number of nitrogens with zero attached hydrogens (tertiary/aromatic N) is 1. The average Bonchev–Trinajstić information content (AvgIpc) is 2.74. The van der Waals surface area contributed by atoms with Crippen molar-refractivity contribution >= 4 is 17.6 Å². The van der Waals surface area contributed by atoms with E-state index in [-0.39, 0.29) is 0 Å². The Morgan fingerprint density at radius 1 is 1.39 bits per heavy atom. The molecule has 0 amide bonds. The Morgan fingerprint density at radius 2 is 2.09 bits per heavy atom. The highest BCUT2D eigenvalue weighted by atomic mass is 35.5. The minimum atomic E-state index is -1.23. The van der Waals surface area contributed by atoms with Crippen LogP contribution in [0.15, 0.2) is 24.3 Å². The summed E-state index contributed by atoms with van der Waals surface area (Å²) in [5.41, 5.74) is -1.67. The number of carbonyl (C=O) groups is 1. The fourth-order valence-corrected chi connectivity index (χ4v) is 4.80. The van der Waals surface area contributed by atoms with E-state index >= 15 is 0 Å². The second-order valence-electron chi connectivity index (χ2n) is 6.77. The van der Waals surface area contributed by atoms with Crippen LogP contribution in [0.2, 0.25) is 5.02 Å². The molecule has 2 aliphatic heterocycles. The number of carboxylic acid groups (broad SMARTS) is 1. The number of aliphatic carboxylic acids is 1. The summed E-state index contributed by atoms with van der Waals surface area (Å²) in [6, 6.07) is 7.45. The SMILES string of the molecule is CCC(Oc1ccc(Cl)cc1)(C(=O)O)[C@]12CCC[C@H](CC1)N2C. The largest absolute Gasteiger partial charge is 0.478 e. The summed E-state index contributed by atoms with van der Waals surface area (Å²) in [5, 5.41) is 10.8. The van der Waals surface area contributed by atoms with Crippen molar-refractivity contribution in [1.82, 2.24) is 4.90 Å². The number of hydrogen-bond acceptors (Lipinski definition) is 3. The average molecular weight is 338 g/mol. The minimum absolute atomic E-state index is 0.433. The van der Waals surface area contributed by atoms with Gasteiger partial charge in [0.25, 0.3) is 0 Å². The van der Waals surface area contributed by atoms with E-state index in [9.17, 15) is 9.90 Å². The summed E-state index contributed by atoms with van der Waals surface area (Å²) < 4.78 is 6.20. The second kappa shape index (κ2) is 5.99. The van der Waals surface area contributed by atoms with Crippen LogP contribution >= 0.6 is 11.6 Å². The van der Waals surface area contributed by atoms with Crippen molar-refractivity contribution in [3.8, 4) is 5.75 Å². The Labute approximate surface area is 142 Å². The first kappa shape index (κ1) is 16.6. The molecule has 2 heterocycles. The molecule has 0 radical (unpaired) electrons. The van der Waals surface area contributed by atoms with Crippen LogP contribution in [-0.2, 0) is 4.79 Å². The summed E-state index contributed by atoms with van der Waals surface area (Å²) in [5.74, 6) is -0.306. The molecule has 4 nitrogen and oxygen atoms in total. The van der Waals surface area contributed by atoms with Crippen LogP contribution in [0.5, 0.6) is 5.75 Å². The predicted octanol–water partition coefficient (Wildman–Crippen LogP) is 3.97. The van der Waals surface area contributed by atoms with E-state index < -0.39 is 17.1 Å². The van der Waals surface area contributed by atoms with Gasteiger partial charge in [-0.3, -0.25) is 4.90 Å². The molecule has 1 unspecified atom stereocenters. The second-order valence-corrected chi connectivity index (χ2v) is 7.21. The van der Waals surface area contributed by atoms with Gasteiger partial charge in [-0.2, -0.15) is 0 Å². The van der Waals surface area contributed by atoms with E-state index in [0.717, 1.165) is 32.1 Å². The zero-order valence-corrected chi connectivity index (χ0v) is 14.5. The first-order chi connectivity index (χ1) is 10.9. The van der Waals surface area contributed by atoms with Gasteiger partial charge in [-0.25, -0.2) is 4.79 Å². The highest BCUT2D eigenvalue weighted by Gasteiger charge is 2.64. The molecule has 2 bridgehead atoms. The fraction of sp³-hybridized carbons (Fsp3) is 0.611. The lowest BCUT2D eigenvalue weighted by atomic mass is 9.71. The monoisotopic (exact) mass is 337 g/mol. The van der Waals surface area contributed by atoms with Gasteiger partial charge in [0.2, 0.25) is 5.60 Å². The lowest BCUT2D eigenvalue weighted by Crippen LogP contribution is -2.69. The quantitative estimate of drug-likeness (QED) is 0.883. The number of halogens is 1. The third-order valence-electron chi connectivity index (χ3n) is 5.94. The molecule has 126 valence electrons. The summed E-state index contributed by atoms with van der Waals surface area (Å²) in [6.45, 7) is 1.91. The highest BCUT2D eigenvalue weighted by molar-refractivity contribution is 6.30. The number of benzene rings is 1. The molecule has 0 aliphatic carbocycles. The van der Waals surface area contributed by atoms with Crippen LogP contribution in [0, 0.1) is 0 Å². The van der Waals surface area contributed by atoms with Gasteiger partial charge in [0.15, 0.2) is 0 Å². The van der Waals surface area contributed by atoms with E-state index in [1.807, 2.05) is 6.92 Å². The maximum Gasteiger partial charge on any atom is 0.350 e. The minimum Gasteiger partial charge on any atom is -0.478 e. The molecule has 0 aromatic heterocycles. The molecule has 1 N–H and O–H groups in total. The van der Waals surface area contributed by atoms with Gasteiger partial charge in [0.05, 0.1) is 5.54 Å². The zero-order chi connectivity index (χ0) is 16.7. The van der Waals surface area contributed by atoms with Crippen LogP contribution in [0.3, 0.4) is 0 Å². The molecular weight excluding hydrogens is 314 g/mol. The van der Waals surface area contributed by atoms with E-state index in [1.165, 1.54) is 0 Å². The van der Waals surface area contributed by atoms with Crippen LogP contribution in [-0.4, -0.2) is 40.2 Å². The van der Waals surface area contributed by atoms with Crippen molar-refractivity contribution in [2.45, 2.75) is 62.6 Å². The van der Waals surface area contributed by atoms with Gasteiger partial charge in [-0.05, 0) is 69.8 Å².